The molecular weight excluding hydrogens is 274 g/mol. The van der Waals surface area contributed by atoms with E-state index in [1.54, 1.807) is 0 Å². The molecule has 1 aromatic carbocycles. The Morgan fingerprint density at radius 1 is 1.18 bits per heavy atom. The average Bonchev–Trinajstić information content (AvgIpc) is 2.94. The second-order valence-electron chi connectivity index (χ2n) is 6.17. The maximum Gasteiger partial charge on any atom is 0.122 e. The van der Waals surface area contributed by atoms with E-state index in [4.69, 9.17) is 4.74 Å². The first kappa shape index (κ1) is 15.3. The minimum atomic E-state index is 0.734. The van der Waals surface area contributed by atoms with Gasteiger partial charge in [0.05, 0.1) is 6.54 Å². The Labute approximate surface area is 132 Å². The Morgan fingerprint density at radius 2 is 1.95 bits per heavy atom. The van der Waals surface area contributed by atoms with Crippen LogP contribution in [0.4, 0.5) is 0 Å². The van der Waals surface area contributed by atoms with Gasteiger partial charge in [0.2, 0.25) is 0 Å². The van der Waals surface area contributed by atoms with E-state index in [-0.39, 0.29) is 0 Å². The molecule has 2 aromatic rings. The summed E-state index contributed by atoms with van der Waals surface area (Å²) in [5, 5.41) is 0. The van der Waals surface area contributed by atoms with Gasteiger partial charge in [-0.05, 0) is 24.3 Å². The minimum absolute atomic E-state index is 0.734. The van der Waals surface area contributed by atoms with Gasteiger partial charge in [0, 0.05) is 45.7 Å². The van der Waals surface area contributed by atoms with Crippen molar-refractivity contribution in [3.05, 3.63) is 54.1 Å². The molecule has 1 aromatic heterocycles. The molecule has 0 aliphatic carbocycles. The van der Waals surface area contributed by atoms with Crippen LogP contribution in [-0.2, 0) is 24.9 Å². The number of aromatic nitrogens is 2. The summed E-state index contributed by atoms with van der Waals surface area (Å²) in [5.41, 5.74) is 1.36. The Morgan fingerprint density at radius 3 is 2.64 bits per heavy atom. The van der Waals surface area contributed by atoms with Gasteiger partial charge in [-0.15, -0.1) is 0 Å². The summed E-state index contributed by atoms with van der Waals surface area (Å²) in [5.74, 6) is 1.86. The van der Waals surface area contributed by atoms with Crippen LogP contribution in [0.5, 0.6) is 0 Å². The van der Waals surface area contributed by atoms with E-state index in [1.807, 2.05) is 12.4 Å². The van der Waals surface area contributed by atoms with E-state index < -0.39 is 0 Å². The van der Waals surface area contributed by atoms with Crippen molar-refractivity contribution in [3.63, 3.8) is 0 Å². The number of hydrogen-bond donors (Lipinski definition) is 0. The van der Waals surface area contributed by atoms with Crippen molar-refractivity contribution < 1.29 is 4.74 Å². The third kappa shape index (κ3) is 4.18. The molecule has 22 heavy (non-hydrogen) atoms. The van der Waals surface area contributed by atoms with E-state index in [2.05, 4.69) is 51.8 Å². The highest BCUT2D eigenvalue weighted by atomic mass is 16.5. The average molecular weight is 299 g/mol. The van der Waals surface area contributed by atoms with E-state index in [0.29, 0.717) is 0 Å². The highest BCUT2D eigenvalue weighted by Crippen LogP contribution is 2.19. The molecule has 0 unspecified atom stereocenters. The number of rotatable bonds is 6. The molecule has 0 N–H and O–H groups in total. The Balaban J connectivity index is 1.68. The van der Waals surface area contributed by atoms with Gasteiger partial charge in [-0.2, -0.15) is 0 Å². The largest absolute Gasteiger partial charge is 0.381 e. The molecule has 4 nitrogen and oxygen atoms in total. The highest BCUT2D eigenvalue weighted by molar-refractivity contribution is 5.14. The Hall–Kier alpha value is -1.65. The van der Waals surface area contributed by atoms with Crippen LogP contribution in [0.3, 0.4) is 0 Å². The third-order valence-electron chi connectivity index (χ3n) is 4.39. The monoisotopic (exact) mass is 299 g/mol. The van der Waals surface area contributed by atoms with E-state index in [1.165, 1.54) is 18.4 Å². The van der Waals surface area contributed by atoms with Gasteiger partial charge in [0.1, 0.15) is 5.82 Å². The van der Waals surface area contributed by atoms with Crippen LogP contribution in [0.2, 0.25) is 0 Å². The van der Waals surface area contributed by atoms with Crippen molar-refractivity contribution in [2.24, 2.45) is 13.0 Å². The van der Waals surface area contributed by atoms with Crippen molar-refractivity contribution in [2.45, 2.75) is 25.9 Å². The van der Waals surface area contributed by atoms with Crippen molar-refractivity contribution in [1.82, 2.24) is 14.5 Å². The predicted molar refractivity (Wildman–Crippen MR) is 87.3 cm³/mol. The van der Waals surface area contributed by atoms with Gasteiger partial charge in [0.15, 0.2) is 0 Å². The Kier molecular flexibility index (Phi) is 5.24. The highest BCUT2D eigenvalue weighted by Gasteiger charge is 2.19. The summed E-state index contributed by atoms with van der Waals surface area (Å²) < 4.78 is 7.60. The quantitative estimate of drug-likeness (QED) is 0.821. The molecule has 0 atom stereocenters. The standard InChI is InChI=1S/C18H25N3O/c1-20-10-9-19-18(20)15-21(13-16-5-3-2-4-6-16)14-17-7-11-22-12-8-17/h2-6,9-10,17H,7-8,11-15H2,1H3. The lowest BCUT2D eigenvalue weighted by Crippen LogP contribution is -2.32. The van der Waals surface area contributed by atoms with Crippen LogP contribution >= 0.6 is 0 Å². The number of ether oxygens (including phenoxy) is 1. The molecule has 0 saturated carbocycles. The summed E-state index contributed by atoms with van der Waals surface area (Å²) in [6, 6.07) is 10.7. The normalized spacial score (nSPS) is 16.3. The number of hydrogen-bond acceptors (Lipinski definition) is 3. The molecule has 1 aliphatic rings. The number of aryl methyl sites for hydroxylation is 1. The zero-order valence-corrected chi connectivity index (χ0v) is 13.3. The fourth-order valence-electron chi connectivity index (χ4n) is 3.07. The fraction of sp³-hybridized carbons (Fsp3) is 0.500. The van der Waals surface area contributed by atoms with Crippen LogP contribution in [0.15, 0.2) is 42.7 Å². The molecule has 4 heteroatoms. The zero-order chi connectivity index (χ0) is 15.2. The summed E-state index contributed by atoms with van der Waals surface area (Å²) >= 11 is 0. The van der Waals surface area contributed by atoms with Gasteiger partial charge in [-0.25, -0.2) is 4.98 Å². The van der Waals surface area contributed by atoms with Gasteiger partial charge in [-0.3, -0.25) is 4.90 Å². The first-order valence-electron chi connectivity index (χ1n) is 8.11. The maximum absolute atomic E-state index is 5.49. The lowest BCUT2D eigenvalue weighted by Gasteiger charge is -2.29. The smallest absolute Gasteiger partial charge is 0.122 e. The maximum atomic E-state index is 5.49. The first-order chi connectivity index (χ1) is 10.8. The van der Waals surface area contributed by atoms with E-state index >= 15 is 0 Å². The SMILES string of the molecule is Cn1ccnc1CN(Cc1ccccc1)CC1CCOCC1. The molecule has 1 fully saturated rings. The molecule has 118 valence electrons. The summed E-state index contributed by atoms with van der Waals surface area (Å²) in [6.45, 7) is 4.81. The molecular formula is C18H25N3O. The van der Waals surface area contributed by atoms with Crippen LogP contribution < -0.4 is 0 Å². The molecule has 2 heterocycles. The predicted octanol–water partition coefficient (Wildman–Crippen LogP) is 2.85. The first-order valence-corrected chi connectivity index (χ1v) is 8.11. The molecule has 1 saturated heterocycles. The molecule has 0 spiro atoms. The van der Waals surface area contributed by atoms with Crippen LogP contribution in [0, 0.1) is 5.92 Å². The van der Waals surface area contributed by atoms with Gasteiger partial charge < -0.3 is 9.30 Å². The number of benzene rings is 1. The second-order valence-corrected chi connectivity index (χ2v) is 6.17. The third-order valence-corrected chi connectivity index (χ3v) is 4.39. The molecule has 1 aliphatic heterocycles. The van der Waals surface area contributed by atoms with Crippen molar-refractivity contribution in [2.75, 3.05) is 19.8 Å². The lowest BCUT2D eigenvalue weighted by atomic mass is 9.99. The summed E-state index contributed by atoms with van der Waals surface area (Å²) in [6.07, 6.45) is 6.24. The van der Waals surface area contributed by atoms with Gasteiger partial charge in [0.25, 0.3) is 0 Å². The van der Waals surface area contributed by atoms with Crippen LogP contribution in [0.1, 0.15) is 24.2 Å². The summed E-state index contributed by atoms with van der Waals surface area (Å²) in [7, 11) is 2.07. The molecule has 3 rings (SSSR count). The van der Waals surface area contributed by atoms with Gasteiger partial charge in [-0.1, -0.05) is 30.3 Å². The summed E-state index contributed by atoms with van der Waals surface area (Å²) in [4.78, 5) is 7.01. The lowest BCUT2D eigenvalue weighted by molar-refractivity contribution is 0.0496. The second kappa shape index (κ2) is 7.56. The minimum Gasteiger partial charge on any atom is -0.381 e. The molecule has 0 bridgehead atoms. The van der Waals surface area contributed by atoms with Crippen molar-refractivity contribution in [1.29, 1.82) is 0 Å². The van der Waals surface area contributed by atoms with Crippen molar-refractivity contribution >= 4 is 0 Å². The molecule has 0 amide bonds. The van der Waals surface area contributed by atoms with Crippen LogP contribution in [0.25, 0.3) is 0 Å². The Bertz CT molecular complexity index is 561. The molecule has 0 radical (unpaired) electrons. The van der Waals surface area contributed by atoms with E-state index in [0.717, 1.165) is 44.6 Å². The zero-order valence-electron chi connectivity index (χ0n) is 13.3. The topological polar surface area (TPSA) is 30.3 Å². The number of imidazole rings is 1. The van der Waals surface area contributed by atoms with Crippen LogP contribution in [-0.4, -0.2) is 34.2 Å². The van der Waals surface area contributed by atoms with Gasteiger partial charge >= 0.3 is 0 Å². The van der Waals surface area contributed by atoms with E-state index in [9.17, 15) is 0 Å². The fourth-order valence-corrected chi connectivity index (χ4v) is 3.07. The van der Waals surface area contributed by atoms with Crippen molar-refractivity contribution in [3.8, 4) is 0 Å². The number of nitrogens with zero attached hydrogens (tertiary/aromatic N) is 3.